The molecule has 1 atom stereocenters. The van der Waals surface area contributed by atoms with Crippen LogP contribution in [0.1, 0.15) is 30.3 Å². The Labute approximate surface area is 104 Å². The van der Waals surface area contributed by atoms with Gasteiger partial charge in [0.05, 0.1) is 0 Å². The lowest BCUT2D eigenvalue weighted by Gasteiger charge is -2.20. The van der Waals surface area contributed by atoms with Gasteiger partial charge in [0.1, 0.15) is 10.6 Å². The second-order valence-corrected chi connectivity index (χ2v) is 6.74. The molecule has 1 unspecified atom stereocenters. The van der Waals surface area contributed by atoms with Gasteiger partial charge in [-0.3, -0.25) is 4.79 Å². The van der Waals surface area contributed by atoms with Crippen LogP contribution in [-0.4, -0.2) is 36.8 Å². The number of nitrogens with zero attached hydrogens (tertiary/aromatic N) is 1. The van der Waals surface area contributed by atoms with Crippen LogP contribution in [0.2, 0.25) is 0 Å². The molecular formula is C10H13ClN2O3S. The molecule has 2 heterocycles. The summed E-state index contributed by atoms with van der Waals surface area (Å²) < 4.78 is 22.1. The third kappa shape index (κ3) is 2.47. The lowest BCUT2D eigenvalue weighted by molar-refractivity contribution is 0.0742. The Bertz CT molecular complexity index is 538. The Morgan fingerprint density at radius 2 is 2.29 bits per heavy atom. The normalized spacial score (nSPS) is 20.8. The van der Waals surface area contributed by atoms with Crippen LogP contribution in [0.15, 0.2) is 17.2 Å². The molecule has 1 saturated heterocycles. The quantitative estimate of drug-likeness (QED) is 0.834. The molecule has 17 heavy (non-hydrogen) atoms. The third-order valence-electron chi connectivity index (χ3n) is 2.98. The molecule has 0 radical (unpaired) electrons. The third-order valence-corrected chi connectivity index (χ3v) is 4.32. The van der Waals surface area contributed by atoms with Crippen LogP contribution < -0.4 is 0 Å². The van der Waals surface area contributed by atoms with Gasteiger partial charge in [-0.2, -0.15) is 0 Å². The molecule has 1 aromatic rings. The van der Waals surface area contributed by atoms with Crippen molar-refractivity contribution in [2.75, 3.05) is 6.54 Å². The number of amides is 1. The Balaban J connectivity index is 2.23. The molecule has 0 aliphatic carbocycles. The van der Waals surface area contributed by atoms with E-state index in [2.05, 4.69) is 4.98 Å². The SMILES string of the molecule is CC1CCCN1C(=O)c1cc(S(=O)(=O)Cl)c[nH]1. The second-order valence-electron chi connectivity index (χ2n) is 4.18. The fourth-order valence-corrected chi connectivity index (χ4v) is 2.75. The maximum absolute atomic E-state index is 12.1. The number of nitrogens with one attached hydrogen (secondary N) is 1. The first-order chi connectivity index (χ1) is 7.89. The summed E-state index contributed by atoms with van der Waals surface area (Å²) in [5.41, 5.74) is 0.262. The number of halogens is 1. The largest absolute Gasteiger partial charge is 0.356 e. The molecule has 0 spiro atoms. The van der Waals surface area contributed by atoms with Gasteiger partial charge < -0.3 is 9.88 Å². The number of rotatable bonds is 2. The van der Waals surface area contributed by atoms with Gasteiger partial charge in [0.2, 0.25) is 0 Å². The smallest absolute Gasteiger partial charge is 0.270 e. The molecule has 7 heteroatoms. The molecule has 1 aliphatic rings. The van der Waals surface area contributed by atoms with Crippen molar-refractivity contribution in [1.82, 2.24) is 9.88 Å². The van der Waals surface area contributed by atoms with Gasteiger partial charge in [0.25, 0.3) is 15.0 Å². The van der Waals surface area contributed by atoms with Crippen LogP contribution in [0.3, 0.4) is 0 Å². The molecule has 2 rings (SSSR count). The summed E-state index contributed by atoms with van der Waals surface area (Å²) in [7, 11) is 1.41. The number of hydrogen-bond donors (Lipinski definition) is 1. The monoisotopic (exact) mass is 276 g/mol. The predicted molar refractivity (Wildman–Crippen MR) is 63.6 cm³/mol. The molecule has 1 amide bonds. The van der Waals surface area contributed by atoms with Crippen molar-refractivity contribution in [1.29, 1.82) is 0 Å². The van der Waals surface area contributed by atoms with Crippen molar-refractivity contribution in [3.05, 3.63) is 18.0 Å². The van der Waals surface area contributed by atoms with E-state index in [0.29, 0.717) is 6.54 Å². The van der Waals surface area contributed by atoms with Crippen molar-refractivity contribution < 1.29 is 13.2 Å². The van der Waals surface area contributed by atoms with Crippen LogP contribution >= 0.6 is 10.7 Å². The van der Waals surface area contributed by atoms with E-state index in [1.165, 1.54) is 12.3 Å². The maximum Gasteiger partial charge on any atom is 0.270 e. The van der Waals surface area contributed by atoms with Crippen molar-refractivity contribution >= 4 is 25.6 Å². The number of aromatic amines is 1. The van der Waals surface area contributed by atoms with E-state index in [0.717, 1.165) is 12.8 Å². The zero-order chi connectivity index (χ0) is 12.6. The first-order valence-corrected chi connectivity index (χ1v) is 7.64. The highest BCUT2D eigenvalue weighted by molar-refractivity contribution is 8.13. The molecule has 5 nitrogen and oxygen atoms in total. The van der Waals surface area contributed by atoms with Gasteiger partial charge in [-0.05, 0) is 25.8 Å². The van der Waals surface area contributed by atoms with Crippen molar-refractivity contribution in [3.8, 4) is 0 Å². The zero-order valence-electron chi connectivity index (χ0n) is 9.31. The standard InChI is InChI=1S/C10H13ClN2O3S/c1-7-3-2-4-13(7)10(14)9-5-8(6-12-9)17(11,15)16/h5-7,12H,2-4H2,1H3. The fourth-order valence-electron chi connectivity index (χ4n) is 2.03. The van der Waals surface area contributed by atoms with Crippen molar-refractivity contribution in [3.63, 3.8) is 0 Å². The summed E-state index contributed by atoms with van der Waals surface area (Å²) in [6, 6.07) is 1.47. The summed E-state index contributed by atoms with van der Waals surface area (Å²) in [6.07, 6.45) is 3.19. The van der Waals surface area contributed by atoms with Gasteiger partial charge in [-0.15, -0.1) is 0 Å². The molecule has 1 aliphatic heterocycles. The van der Waals surface area contributed by atoms with Crippen molar-refractivity contribution in [2.45, 2.75) is 30.7 Å². The summed E-state index contributed by atoms with van der Waals surface area (Å²) >= 11 is 0. The Kier molecular flexibility index (Phi) is 3.18. The lowest BCUT2D eigenvalue weighted by atomic mass is 10.2. The Morgan fingerprint density at radius 1 is 1.59 bits per heavy atom. The van der Waals surface area contributed by atoms with E-state index in [9.17, 15) is 13.2 Å². The molecule has 1 aromatic heterocycles. The molecule has 0 aromatic carbocycles. The molecule has 0 saturated carbocycles. The minimum Gasteiger partial charge on any atom is -0.356 e. The van der Waals surface area contributed by atoms with Gasteiger partial charge in [-0.25, -0.2) is 8.42 Å². The van der Waals surface area contributed by atoms with E-state index in [1.807, 2.05) is 6.92 Å². The van der Waals surface area contributed by atoms with E-state index in [4.69, 9.17) is 10.7 Å². The number of aromatic nitrogens is 1. The predicted octanol–water partition coefficient (Wildman–Crippen LogP) is 1.57. The zero-order valence-corrected chi connectivity index (χ0v) is 10.9. The first-order valence-electron chi connectivity index (χ1n) is 5.33. The number of carbonyl (C=O) groups excluding carboxylic acids is 1. The van der Waals surface area contributed by atoms with Gasteiger partial charge in [0, 0.05) is 29.5 Å². The molecule has 94 valence electrons. The van der Waals surface area contributed by atoms with Crippen molar-refractivity contribution in [2.24, 2.45) is 0 Å². The summed E-state index contributed by atoms with van der Waals surface area (Å²) in [4.78, 5) is 16.4. The average Bonchev–Trinajstić information content (AvgIpc) is 2.83. The Hall–Kier alpha value is -1.01. The molecule has 1 fully saturated rings. The van der Waals surface area contributed by atoms with Crippen LogP contribution in [0.4, 0.5) is 0 Å². The topological polar surface area (TPSA) is 70.2 Å². The van der Waals surface area contributed by atoms with Crippen LogP contribution in [0, 0.1) is 0 Å². The van der Waals surface area contributed by atoms with E-state index >= 15 is 0 Å². The first kappa shape index (κ1) is 12.4. The van der Waals surface area contributed by atoms with Gasteiger partial charge in [0.15, 0.2) is 0 Å². The summed E-state index contributed by atoms with van der Waals surface area (Å²) in [6.45, 7) is 2.69. The minimum absolute atomic E-state index is 0.0747. The number of hydrogen-bond acceptors (Lipinski definition) is 3. The maximum atomic E-state index is 12.1. The van der Waals surface area contributed by atoms with E-state index < -0.39 is 9.05 Å². The number of carbonyl (C=O) groups is 1. The minimum atomic E-state index is -3.78. The highest BCUT2D eigenvalue weighted by Gasteiger charge is 2.27. The molecule has 0 bridgehead atoms. The average molecular weight is 277 g/mol. The highest BCUT2D eigenvalue weighted by Crippen LogP contribution is 2.21. The van der Waals surface area contributed by atoms with Gasteiger partial charge in [-0.1, -0.05) is 0 Å². The number of likely N-dealkylation sites (tertiary alicyclic amines) is 1. The van der Waals surface area contributed by atoms with E-state index in [-0.39, 0.29) is 22.5 Å². The Morgan fingerprint density at radius 3 is 2.76 bits per heavy atom. The second kappa shape index (κ2) is 4.34. The van der Waals surface area contributed by atoms with Crippen LogP contribution in [0.5, 0.6) is 0 Å². The fraction of sp³-hybridized carbons (Fsp3) is 0.500. The van der Waals surface area contributed by atoms with E-state index in [1.54, 1.807) is 4.90 Å². The molecule has 1 N–H and O–H groups in total. The van der Waals surface area contributed by atoms with Gasteiger partial charge >= 0.3 is 0 Å². The highest BCUT2D eigenvalue weighted by atomic mass is 35.7. The summed E-state index contributed by atoms with van der Waals surface area (Å²) in [5, 5.41) is 0. The number of H-pyrrole nitrogens is 1. The van der Waals surface area contributed by atoms with Crippen LogP contribution in [0.25, 0.3) is 0 Å². The lowest BCUT2D eigenvalue weighted by Crippen LogP contribution is -2.33. The van der Waals surface area contributed by atoms with Crippen LogP contribution in [-0.2, 0) is 9.05 Å². The molecular weight excluding hydrogens is 264 g/mol. The summed E-state index contributed by atoms with van der Waals surface area (Å²) in [5.74, 6) is -0.179.